The molecule has 0 atom stereocenters. The first-order chi connectivity index (χ1) is 6.83. The normalized spacial score (nSPS) is 26.1. The summed E-state index contributed by atoms with van der Waals surface area (Å²) in [6.45, 7) is 1.19. The second-order valence-electron chi connectivity index (χ2n) is 4.29. The lowest BCUT2D eigenvalue weighted by atomic mass is 9.87. The van der Waals surface area contributed by atoms with Crippen LogP contribution in [0.25, 0.3) is 0 Å². The maximum absolute atomic E-state index is 5.71. The molecule has 0 bridgehead atoms. The van der Waals surface area contributed by atoms with Gasteiger partial charge >= 0.3 is 0 Å². The number of thioether (sulfide) groups is 1. The van der Waals surface area contributed by atoms with Crippen LogP contribution in [0.2, 0.25) is 0 Å². The van der Waals surface area contributed by atoms with Crippen LogP contribution < -0.4 is 11.1 Å². The van der Waals surface area contributed by atoms with Gasteiger partial charge in [-0.3, -0.25) is 0 Å². The zero-order valence-electron chi connectivity index (χ0n) is 9.30. The standard InChI is InChI=1S/C11H24N2S/c1-14-7-5-3-2-4-6-13-11-8-10(12)9-11/h10-11,13H,2-9,12H2,1H3. The monoisotopic (exact) mass is 216 g/mol. The topological polar surface area (TPSA) is 38.0 Å². The Morgan fingerprint density at radius 2 is 1.93 bits per heavy atom. The van der Waals surface area contributed by atoms with E-state index in [4.69, 9.17) is 5.73 Å². The first kappa shape index (κ1) is 12.3. The lowest BCUT2D eigenvalue weighted by Gasteiger charge is -2.33. The Labute approximate surface area is 92.4 Å². The van der Waals surface area contributed by atoms with E-state index in [1.165, 1.54) is 50.8 Å². The minimum atomic E-state index is 0.481. The Balaban J connectivity index is 1.72. The third kappa shape index (κ3) is 5.23. The van der Waals surface area contributed by atoms with E-state index in [-0.39, 0.29) is 0 Å². The van der Waals surface area contributed by atoms with Gasteiger partial charge in [0.25, 0.3) is 0 Å². The van der Waals surface area contributed by atoms with Gasteiger partial charge in [0.15, 0.2) is 0 Å². The molecule has 3 heteroatoms. The molecule has 0 saturated heterocycles. The van der Waals surface area contributed by atoms with Crippen LogP contribution in [0.1, 0.15) is 38.5 Å². The van der Waals surface area contributed by atoms with Crippen LogP contribution in [0.3, 0.4) is 0 Å². The van der Waals surface area contributed by atoms with Crippen molar-refractivity contribution in [2.45, 2.75) is 50.6 Å². The maximum Gasteiger partial charge on any atom is 0.00965 e. The zero-order valence-corrected chi connectivity index (χ0v) is 10.1. The summed E-state index contributed by atoms with van der Waals surface area (Å²) < 4.78 is 0. The number of hydrogen-bond acceptors (Lipinski definition) is 3. The Bertz CT molecular complexity index is 135. The number of hydrogen-bond donors (Lipinski definition) is 2. The van der Waals surface area contributed by atoms with Gasteiger partial charge in [0.2, 0.25) is 0 Å². The van der Waals surface area contributed by atoms with E-state index in [1.807, 2.05) is 11.8 Å². The van der Waals surface area contributed by atoms with Gasteiger partial charge in [0.1, 0.15) is 0 Å². The minimum absolute atomic E-state index is 0.481. The summed E-state index contributed by atoms with van der Waals surface area (Å²) in [4.78, 5) is 0. The first-order valence-electron chi connectivity index (χ1n) is 5.81. The Morgan fingerprint density at radius 3 is 2.57 bits per heavy atom. The first-order valence-corrected chi connectivity index (χ1v) is 7.20. The molecule has 0 unspecified atom stereocenters. The van der Waals surface area contributed by atoms with Crippen LogP contribution in [-0.2, 0) is 0 Å². The quantitative estimate of drug-likeness (QED) is 0.609. The highest BCUT2D eigenvalue weighted by molar-refractivity contribution is 7.98. The van der Waals surface area contributed by atoms with Gasteiger partial charge in [-0.1, -0.05) is 12.8 Å². The Hall–Kier alpha value is 0.270. The Morgan fingerprint density at radius 1 is 1.21 bits per heavy atom. The van der Waals surface area contributed by atoms with Crippen LogP contribution in [-0.4, -0.2) is 30.6 Å². The Kier molecular flexibility index (Phi) is 6.65. The highest BCUT2D eigenvalue weighted by Gasteiger charge is 2.24. The largest absolute Gasteiger partial charge is 0.328 e. The molecular weight excluding hydrogens is 192 g/mol. The molecule has 14 heavy (non-hydrogen) atoms. The number of nitrogens with one attached hydrogen (secondary N) is 1. The second-order valence-corrected chi connectivity index (χ2v) is 5.28. The number of unbranched alkanes of at least 4 members (excludes halogenated alkanes) is 3. The van der Waals surface area contributed by atoms with Gasteiger partial charge in [-0.25, -0.2) is 0 Å². The van der Waals surface area contributed by atoms with Crippen molar-refractivity contribution < 1.29 is 0 Å². The lowest BCUT2D eigenvalue weighted by Crippen LogP contribution is -2.48. The van der Waals surface area contributed by atoms with Crippen molar-refractivity contribution in [3.63, 3.8) is 0 Å². The summed E-state index contributed by atoms with van der Waals surface area (Å²) in [6, 6.07) is 1.21. The molecule has 0 amide bonds. The molecule has 3 N–H and O–H groups in total. The van der Waals surface area contributed by atoms with Crippen LogP contribution in [0.4, 0.5) is 0 Å². The third-order valence-corrected chi connectivity index (χ3v) is 3.58. The van der Waals surface area contributed by atoms with Gasteiger partial charge < -0.3 is 11.1 Å². The third-order valence-electron chi connectivity index (χ3n) is 2.88. The molecule has 0 aromatic heterocycles. The fraction of sp³-hybridized carbons (Fsp3) is 1.00. The minimum Gasteiger partial charge on any atom is -0.328 e. The molecule has 1 rings (SSSR count). The predicted molar refractivity (Wildman–Crippen MR) is 65.9 cm³/mol. The van der Waals surface area contributed by atoms with Crippen molar-refractivity contribution in [2.24, 2.45) is 5.73 Å². The molecule has 0 spiro atoms. The molecule has 0 aromatic carbocycles. The molecule has 84 valence electrons. The van der Waals surface area contributed by atoms with E-state index in [1.54, 1.807) is 0 Å². The molecule has 1 aliphatic rings. The van der Waals surface area contributed by atoms with E-state index < -0.39 is 0 Å². The van der Waals surface area contributed by atoms with Gasteiger partial charge in [-0.05, 0) is 44.2 Å². The van der Waals surface area contributed by atoms with Crippen LogP contribution in [0.5, 0.6) is 0 Å². The fourth-order valence-corrected chi connectivity index (χ4v) is 2.35. The summed E-state index contributed by atoms with van der Waals surface area (Å²) in [5, 5.41) is 3.56. The maximum atomic E-state index is 5.71. The predicted octanol–water partition coefficient (Wildman–Crippen LogP) is 1.99. The molecule has 1 saturated carbocycles. The molecular formula is C11H24N2S. The SMILES string of the molecule is CSCCCCCCNC1CC(N)C1. The lowest BCUT2D eigenvalue weighted by molar-refractivity contribution is 0.291. The molecule has 0 radical (unpaired) electrons. The van der Waals surface area contributed by atoms with Crippen LogP contribution in [0.15, 0.2) is 0 Å². The van der Waals surface area contributed by atoms with E-state index in [0.717, 1.165) is 6.04 Å². The summed E-state index contributed by atoms with van der Waals surface area (Å²) in [5.41, 5.74) is 5.71. The van der Waals surface area contributed by atoms with Crippen molar-refractivity contribution >= 4 is 11.8 Å². The van der Waals surface area contributed by atoms with E-state index >= 15 is 0 Å². The van der Waals surface area contributed by atoms with Crippen molar-refractivity contribution in [2.75, 3.05) is 18.6 Å². The second kappa shape index (κ2) is 7.55. The zero-order chi connectivity index (χ0) is 10.2. The van der Waals surface area contributed by atoms with Gasteiger partial charge in [0, 0.05) is 12.1 Å². The summed E-state index contributed by atoms with van der Waals surface area (Å²) in [5.74, 6) is 1.32. The van der Waals surface area contributed by atoms with Crippen molar-refractivity contribution in [3.05, 3.63) is 0 Å². The fourth-order valence-electron chi connectivity index (χ4n) is 1.86. The number of nitrogens with two attached hydrogens (primary N) is 1. The molecule has 0 heterocycles. The smallest absolute Gasteiger partial charge is 0.00965 e. The van der Waals surface area contributed by atoms with Gasteiger partial charge in [-0.15, -0.1) is 0 Å². The van der Waals surface area contributed by atoms with Crippen LogP contribution in [0, 0.1) is 0 Å². The highest BCUT2D eigenvalue weighted by Crippen LogP contribution is 2.17. The van der Waals surface area contributed by atoms with Crippen LogP contribution >= 0.6 is 11.8 Å². The average Bonchev–Trinajstić information content (AvgIpc) is 2.13. The van der Waals surface area contributed by atoms with Gasteiger partial charge in [-0.2, -0.15) is 11.8 Å². The highest BCUT2D eigenvalue weighted by atomic mass is 32.2. The molecule has 1 aliphatic carbocycles. The molecule has 2 nitrogen and oxygen atoms in total. The summed E-state index contributed by atoms with van der Waals surface area (Å²) in [7, 11) is 0. The van der Waals surface area contributed by atoms with E-state index in [0.29, 0.717) is 6.04 Å². The summed E-state index contributed by atoms with van der Waals surface area (Å²) >= 11 is 1.95. The van der Waals surface area contributed by atoms with Crippen molar-refractivity contribution in [1.82, 2.24) is 5.32 Å². The number of rotatable bonds is 8. The van der Waals surface area contributed by atoms with E-state index in [9.17, 15) is 0 Å². The van der Waals surface area contributed by atoms with Gasteiger partial charge in [0.05, 0.1) is 0 Å². The van der Waals surface area contributed by atoms with E-state index in [2.05, 4.69) is 11.6 Å². The molecule has 0 aromatic rings. The molecule has 1 fully saturated rings. The molecule has 0 aliphatic heterocycles. The van der Waals surface area contributed by atoms with Crippen molar-refractivity contribution in [1.29, 1.82) is 0 Å². The summed E-state index contributed by atoms with van der Waals surface area (Å²) in [6.07, 6.45) is 10.1. The van der Waals surface area contributed by atoms with Crippen molar-refractivity contribution in [3.8, 4) is 0 Å². The average molecular weight is 216 g/mol.